The van der Waals surface area contributed by atoms with Crippen molar-refractivity contribution in [2.24, 2.45) is 0 Å². The van der Waals surface area contributed by atoms with Gasteiger partial charge in [-0.2, -0.15) is 4.98 Å². The molecule has 2 aliphatic rings. The molecule has 0 unspecified atom stereocenters. The highest BCUT2D eigenvalue weighted by Gasteiger charge is 2.35. The molecule has 3 rings (SSSR count). The molecule has 0 bridgehead atoms. The van der Waals surface area contributed by atoms with E-state index in [2.05, 4.69) is 14.8 Å². The van der Waals surface area contributed by atoms with Gasteiger partial charge in [0.05, 0.1) is 18.4 Å². The lowest BCUT2D eigenvalue weighted by molar-refractivity contribution is 0.0260. The first-order chi connectivity index (χ1) is 11.0. The fourth-order valence-corrected chi connectivity index (χ4v) is 3.42. The molecule has 0 saturated heterocycles. The Morgan fingerprint density at radius 1 is 1.00 bits per heavy atom. The Morgan fingerprint density at radius 3 is 2.04 bits per heavy atom. The van der Waals surface area contributed by atoms with Crippen molar-refractivity contribution in [1.29, 1.82) is 0 Å². The molecule has 0 amide bonds. The Hall–Kier alpha value is -1.11. The van der Waals surface area contributed by atoms with Crippen LogP contribution in [0.4, 0.5) is 11.8 Å². The summed E-state index contributed by atoms with van der Waals surface area (Å²) in [5.74, 6) is 1.52. The van der Waals surface area contributed by atoms with Gasteiger partial charge in [0.2, 0.25) is 5.95 Å². The van der Waals surface area contributed by atoms with Crippen molar-refractivity contribution in [2.45, 2.75) is 50.0 Å². The average molecular weight is 341 g/mol. The first-order valence-electron chi connectivity index (χ1n) is 8.07. The summed E-state index contributed by atoms with van der Waals surface area (Å²) in [6, 6.07) is 0.855. The molecule has 0 spiro atoms. The Bertz CT molecular complexity index is 547. The molecule has 0 aliphatic heterocycles. The van der Waals surface area contributed by atoms with E-state index in [0.717, 1.165) is 37.4 Å². The molecule has 7 heteroatoms. The third kappa shape index (κ3) is 3.25. The molecule has 1 aromatic heterocycles. The van der Waals surface area contributed by atoms with Crippen molar-refractivity contribution < 1.29 is 9.47 Å². The number of methoxy groups -OCH3 is 2. The van der Waals surface area contributed by atoms with Crippen LogP contribution in [0.25, 0.3) is 0 Å². The van der Waals surface area contributed by atoms with Crippen molar-refractivity contribution >= 4 is 23.4 Å². The quantitative estimate of drug-likeness (QED) is 0.792. The summed E-state index contributed by atoms with van der Waals surface area (Å²) < 4.78 is 10.7. The number of anilines is 2. The van der Waals surface area contributed by atoms with Gasteiger partial charge >= 0.3 is 0 Å². The second-order valence-electron chi connectivity index (χ2n) is 6.53. The third-order valence-electron chi connectivity index (χ3n) is 5.26. The minimum Gasteiger partial charge on any atom is -0.381 e. The van der Waals surface area contributed by atoms with Crippen molar-refractivity contribution in [3.63, 3.8) is 0 Å². The highest BCUT2D eigenvalue weighted by molar-refractivity contribution is 6.32. The van der Waals surface area contributed by atoms with Gasteiger partial charge in [-0.3, -0.25) is 0 Å². The van der Waals surface area contributed by atoms with Crippen molar-refractivity contribution in [2.75, 3.05) is 38.1 Å². The maximum atomic E-state index is 6.33. The van der Waals surface area contributed by atoms with Crippen LogP contribution in [0.1, 0.15) is 25.7 Å². The Balaban J connectivity index is 1.69. The van der Waals surface area contributed by atoms with Crippen LogP contribution in [0.3, 0.4) is 0 Å². The lowest BCUT2D eigenvalue weighted by Crippen LogP contribution is -2.48. The molecule has 128 valence electrons. The predicted octanol–water partition coefficient (Wildman–Crippen LogP) is 2.36. The van der Waals surface area contributed by atoms with Gasteiger partial charge in [-0.1, -0.05) is 11.6 Å². The molecule has 0 radical (unpaired) electrons. The Labute approximate surface area is 142 Å². The smallest absolute Gasteiger partial charge is 0.227 e. The standard InChI is InChI=1S/C16H25ClN4O2/c1-20(10-5-12(6-10)22-3)15-14(17)9-18-16(19-15)21(2)11-7-13(8-11)23-4/h9-13H,5-8H2,1-4H3. The summed E-state index contributed by atoms with van der Waals surface area (Å²) in [6.07, 6.45) is 6.47. The van der Waals surface area contributed by atoms with Crippen LogP contribution in [0.5, 0.6) is 0 Å². The van der Waals surface area contributed by atoms with Crippen LogP contribution in [0.2, 0.25) is 5.02 Å². The topological polar surface area (TPSA) is 50.7 Å². The van der Waals surface area contributed by atoms with Crippen LogP contribution in [0, 0.1) is 0 Å². The van der Waals surface area contributed by atoms with E-state index in [1.807, 2.05) is 14.1 Å². The summed E-state index contributed by atoms with van der Waals surface area (Å²) in [5, 5.41) is 0.592. The summed E-state index contributed by atoms with van der Waals surface area (Å²) in [7, 11) is 7.60. The summed E-state index contributed by atoms with van der Waals surface area (Å²) in [4.78, 5) is 13.4. The fourth-order valence-electron chi connectivity index (χ4n) is 3.20. The second-order valence-corrected chi connectivity index (χ2v) is 6.94. The highest BCUT2D eigenvalue weighted by atomic mass is 35.5. The van der Waals surface area contributed by atoms with Crippen LogP contribution in [0.15, 0.2) is 6.20 Å². The van der Waals surface area contributed by atoms with E-state index in [1.54, 1.807) is 20.4 Å². The number of nitrogens with zero attached hydrogens (tertiary/aromatic N) is 4. The second kappa shape index (κ2) is 6.79. The van der Waals surface area contributed by atoms with E-state index in [4.69, 9.17) is 26.1 Å². The molecular weight excluding hydrogens is 316 g/mol. The van der Waals surface area contributed by atoms with Crippen molar-refractivity contribution in [1.82, 2.24) is 9.97 Å². The van der Waals surface area contributed by atoms with Gasteiger partial charge in [0.25, 0.3) is 0 Å². The number of halogens is 1. The zero-order valence-corrected chi connectivity index (χ0v) is 15.0. The number of hydrogen-bond acceptors (Lipinski definition) is 6. The average Bonchev–Trinajstić information content (AvgIpc) is 2.45. The van der Waals surface area contributed by atoms with Crippen molar-refractivity contribution in [3.8, 4) is 0 Å². The predicted molar refractivity (Wildman–Crippen MR) is 91.5 cm³/mol. The van der Waals surface area contributed by atoms with Gasteiger partial charge in [0.15, 0.2) is 5.82 Å². The molecule has 0 atom stereocenters. The van der Waals surface area contributed by atoms with E-state index in [9.17, 15) is 0 Å². The largest absolute Gasteiger partial charge is 0.381 e. The maximum Gasteiger partial charge on any atom is 0.227 e. The summed E-state index contributed by atoms with van der Waals surface area (Å²) in [5.41, 5.74) is 0. The zero-order valence-electron chi connectivity index (χ0n) is 14.2. The molecule has 0 aromatic carbocycles. The minimum absolute atomic E-state index is 0.353. The van der Waals surface area contributed by atoms with Crippen molar-refractivity contribution in [3.05, 3.63) is 11.2 Å². The van der Waals surface area contributed by atoms with Crippen LogP contribution in [-0.2, 0) is 9.47 Å². The highest BCUT2D eigenvalue weighted by Crippen LogP contribution is 2.34. The van der Waals surface area contributed by atoms with E-state index >= 15 is 0 Å². The van der Waals surface area contributed by atoms with Crippen LogP contribution < -0.4 is 9.80 Å². The molecule has 0 N–H and O–H groups in total. The fraction of sp³-hybridized carbons (Fsp3) is 0.750. The summed E-state index contributed by atoms with van der Waals surface area (Å²) in [6.45, 7) is 0. The van der Waals surface area contributed by atoms with E-state index in [-0.39, 0.29) is 0 Å². The van der Waals surface area contributed by atoms with Gasteiger partial charge in [-0.15, -0.1) is 0 Å². The van der Waals surface area contributed by atoms with E-state index in [0.29, 0.717) is 29.3 Å². The van der Waals surface area contributed by atoms with Gasteiger partial charge in [-0.05, 0) is 25.7 Å². The maximum absolute atomic E-state index is 6.33. The number of aromatic nitrogens is 2. The molecule has 2 fully saturated rings. The Morgan fingerprint density at radius 2 is 1.52 bits per heavy atom. The molecule has 2 saturated carbocycles. The van der Waals surface area contributed by atoms with E-state index < -0.39 is 0 Å². The molecule has 6 nitrogen and oxygen atoms in total. The molecule has 2 aliphatic carbocycles. The number of ether oxygens (including phenoxy) is 2. The van der Waals surface area contributed by atoms with Crippen LogP contribution >= 0.6 is 11.6 Å². The molecule has 23 heavy (non-hydrogen) atoms. The first-order valence-corrected chi connectivity index (χ1v) is 8.45. The minimum atomic E-state index is 0.353. The van der Waals surface area contributed by atoms with Gasteiger partial charge in [0.1, 0.15) is 5.02 Å². The lowest BCUT2D eigenvalue weighted by atomic mass is 9.88. The van der Waals surface area contributed by atoms with E-state index in [1.165, 1.54) is 0 Å². The SMILES string of the molecule is COC1CC(N(C)c2ncc(Cl)c(N(C)C3CC(OC)C3)n2)C1. The normalized spacial score (nSPS) is 29.6. The van der Waals surface area contributed by atoms with Crippen LogP contribution in [-0.4, -0.2) is 62.6 Å². The molecule has 1 heterocycles. The third-order valence-corrected chi connectivity index (χ3v) is 5.53. The molecule has 1 aromatic rings. The van der Waals surface area contributed by atoms with Gasteiger partial charge in [0, 0.05) is 40.4 Å². The zero-order chi connectivity index (χ0) is 16.6. The molecular formula is C16H25ClN4O2. The Kier molecular flexibility index (Phi) is 4.94. The first kappa shape index (κ1) is 16.7. The summed E-state index contributed by atoms with van der Waals surface area (Å²) >= 11 is 6.33. The number of rotatable bonds is 6. The lowest BCUT2D eigenvalue weighted by Gasteiger charge is -2.42. The monoisotopic (exact) mass is 340 g/mol. The number of hydrogen-bond donors (Lipinski definition) is 0. The van der Waals surface area contributed by atoms with Gasteiger partial charge in [-0.25, -0.2) is 4.98 Å². The van der Waals surface area contributed by atoms with Gasteiger partial charge < -0.3 is 19.3 Å².